The molecule has 14 rings (SSSR count). The summed E-state index contributed by atoms with van der Waals surface area (Å²) in [5.41, 5.74) is 22.7. The Morgan fingerprint density at radius 3 is 1.34 bits per heavy atom. The minimum Gasteiger partial charge on any atom is -0.456 e. The topological polar surface area (TPSA) is 38.9 Å². The second kappa shape index (κ2) is 15.1. The Labute approximate surface area is 394 Å². The highest BCUT2D eigenvalue weighted by atomic mass is 16.3. The minimum absolute atomic E-state index is 0.628. The molecule has 3 nitrogen and oxygen atoms in total. The third-order valence-electron chi connectivity index (χ3n) is 14.3. The van der Waals surface area contributed by atoms with Crippen LogP contribution in [0.4, 0.5) is 0 Å². The van der Waals surface area contributed by atoms with E-state index in [0.717, 1.165) is 72.3 Å². The van der Waals surface area contributed by atoms with Crippen molar-refractivity contribution in [2.45, 2.75) is 5.41 Å². The van der Waals surface area contributed by atoms with Gasteiger partial charge in [0.2, 0.25) is 0 Å². The Hall–Kier alpha value is -8.92. The molecule has 68 heavy (non-hydrogen) atoms. The summed E-state index contributed by atoms with van der Waals surface area (Å²) in [6.07, 6.45) is 0. The first-order chi connectivity index (χ1) is 33.7. The van der Waals surface area contributed by atoms with E-state index in [2.05, 4.69) is 231 Å². The van der Waals surface area contributed by atoms with Crippen LogP contribution in [0.2, 0.25) is 0 Å². The van der Waals surface area contributed by atoms with Gasteiger partial charge >= 0.3 is 0 Å². The molecule has 2 aliphatic carbocycles. The highest BCUT2D eigenvalue weighted by molar-refractivity contribution is 6.06. The standard InChI is InChI=1S/C65H40N2O/c1-3-17-41(18-4-1)45-35-46(42-19-5-2-6-20-42)37-47(36-45)61-40-60(43-32-34-63-55(38-43)54-26-12-16-30-62(54)68-63)66-64(67-61)44-31-33-53-49-22-8-7-21-48(49)50-23-9-13-27-56(50)65(59(53)39-44)57-28-14-10-24-51(57)52-25-11-15-29-58(52)65/h1-40H. The second-order valence-electron chi connectivity index (χ2n) is 18.0. The Balaban J connectivity index is 1.06. The summed E-state index contributed by atoms with van der Waals surface area (Å²) in [6.45, 7) is 0. The number of fused-ring (bicyclic) bond motifs is 15. The van der Waals surface area contributed by atoms with Gasteiger partial charge in [-0.2, -0.15) is 0 Å². The Kier molecular flexibility index (Phi) is 8.50. The molecule has 0 unspecified atom stereocenters. The molecule has 0 saturated carbocycles. The Bertz CT molecular complexity index is 3870. The third kappa shape index (κ3) is 5.79. The smallest absolute Gasteiger partial charge is 0.160 e. The van der Waals surface area contributed by atoms with Crippen molar-refractivity contribution in [3.8, 4) is 89.5 Å². The molecule has 0 bridgehead atoms. The zero-order valence-corrected chi connectivity index (χ0v) is 36.9. The maximum atomic E-state index is 6.32. The van der Waals surface area contributed by atoms with Gasteiger partial charge in [0.1, 0.15) is 11.2 Å². The number of furan rings is 1. The summed E-state index contributed by atoms with van der Waals surface area (Å²) >= 11 is 0. The van der Waals surface area contributed by atoms with Crippen LogP contribution in [0.25, 0.3) is 111 Å². The molecule has 0 saturated heterocycles. The highest BCUT2D eigenvalue weighted by Gasteiger charge is 2.49. The lowest BCUT2D eigenvalue weighted by Crippen LogP contribution is -2.29. The first-order valence-corrected chi connectivity index (χ1v) is 23.3. The van der Waals surface area contributed by atoms with Gasteiger partial charge in [-0.25, -0.2) is 9.97 Å². The molecular formula is C65H40N2O. The van der Waals surface area contributed by atoms with Crippen molar-refractivity contribution in [3.05, 3.63) is 265 Å². The maximum Gasteiger partial charge on any atom is 0.160 e. The van der Waals surface area contributed by atoms with Crippen LogP contribution >= 0.6 is 0 Å². The van der Waals surface area contributed by atoms with E-state index in [4.69, 9.17) is 14.4 Å². The van der Waals surface area contributed by atoms with Crippen molar-refractivity contribution in [1.82, 2.24) is 9.97 Å². The van der Waals surface area contributed by atoms with Crippen LogP contribution in [0.3, 0.4) is 0 Å². The van der Waals surface area contributed by atoms with Crippen LogP contribution in [0.15, 0.2) is 247 Å². The van der Waals surface area contributed by atoms with E-state index in [9.17, 15) is 0 Å². The molecule has 0 fully saturated rings. The predicted octanol–water partition coefficient (Wildman–Crippen LogP) is 16.7. The number of para-hydroxylation sites is 1. The first kappa shape index (κ1) is 38.4. The molecule has 2 heterocycles. The molecule has 2 aliphatic rings. The maximum absolute atomic E-state index is 6.32. The summed E-state index contributed by atoms with van der Waals surface area (Å²) in [5.74, 6) is 0.657. The van der Waals surface area contributed by atoms with Crippen LogP contribution in [0.1, 0.15) is 22.3 Å². The lowest BCUT2D eigenvalue weighted by Gasteiger charge is -2.35. The lowest BCUT2D eigenvalue weighted by molar-refractivity contribution is 0.669. The lowest BCUT2D eigenvalue weighted by atomic mass is 9.65. The highest BCUT2D eigenvalue weighted by Crippen LogP contribution is 2.61. The summed E-state index contributed by atoms with van der Waals surface area (Å²) in [6, 6.07) is 87.8. The van der Waals surface area contributed by atoms with Gasteiger partial charge in [0.25, 0.3) is 0 Å². The largest absolute Gasteiger partial charge is 0.456 e. The number of rotatable bonds is 5. The van der Waals surface area contributed by atoms with Crippen LogP contribution in [-0.4, -0.2) is 9.97 Å². The average Bonchev–Trinajstić information content (AvgIpc) is 3.91. The number of nitrogens with zero attached hydrogens (tertiary/aromatic N) is 2. The Morgan fingerprint density at radius 1 is 0.265 bits per heavy atom. The van der Waals surface area contributed by atoms with E-state index < -0.39 is 5.41 Å². The van der Waals surface area contributed by atoms with Crippen molar-refractivity contribution in [2.24, 2.45) is 0 Å². The molecule has 3 heteroatoms. The van der Waals surface area contributed by atoms with Gasteiger partial charge in [0.05, 0.1) is 16.8 Å². The zero-order chi connectivity index (χ0) is 44.8. The van der Waals surface area contributed by atoms with E-state index in [1.165, 1.54) is 55.6 Å². The fourth-order valence-electron chi connectivity index (χ4n) is 11.3. The molecule has 0 N–H and O–H groups in total. The molecule has 0 radical (unpaired) electrons. The van der Waals surface area contributed by atoms with Crippen molar-refractivity contribution in [3.63, 3.8) is 0 Å². The fraction of sp³-hybridized carbons (Fsp3) is 0.0154. The normalized spacial score (nSPS) is 12.8. The van der Waals surface area contributed by atoms with Crippen LogP contribution < -0.4 is 0 Å². The monoisotopic (exact) mass is 864 g/mol. The fourth-order valence-corrected chi connectivity index (χ4v) is 11.3. The summed E-state index contributed by atoms with van der Waals surface area (Å²) in [7, 11) is 0. The van der Waals surface area contributed by atoms with E-state index in [1.807, 2.05) is 12.1 Å². The third-order valence-corrected chi connectivity index (χ3v) is 14.3. The van der Waals surface area contributed by atoms with E-state index in [1.54, 1.807) is 0 Å². The molecule has 1 spiro atoms. The van der Waals surface area contributed by atoms with Gasteiger partial charge in [-0.05, 0) is 132 Å². The molecule has 10 aromatic carbocycles. The number of aromatic nitrogens is 2. The van der Waals surface area contributed by atoms with Gasteiger partial charge in [0, 0.05) is 27.5 Å². The van der Waals surface area contributed by atoms with Gasteiger partial charge < -0.3 is 4.42 Å². The number of benzene rings is 10. The molecule has 0 atom stereocenters. The minimum atomic E-state index is -0.628. The quantitative estimate of drug-likeness (QED) is 0.173. The number of hydrogen-bond acceptors (Lipinski definition) is 3. The molecular weight excluding hydrogens is 825 g/mol. The first-order valence-electron chi connectivity index (χ1n) is 23.3. The molecule has 0 amide bonds. The van der Waals surface area contributed by atoms with Crippen LogP contribution in [-0.2, 0) is 5.41 Å². The van der Waals surface area contributed by atoms with Crippen LogP contribution in [0, 0.1) is 0 Å². The van der Waals surface area contributed by atoms with Gasteiger partial charge in [-0.1, -0.05) is 188 Å². The van der Waals surface area contributed by atoms with E-state index in [-0.39, 0.29) is 0 Å². The second-order valence-corrected chi connectivity index (χ2v) is 18.0. The predicted molar refractivity (Wildman–Crippen MR) is 278 cm³/mol. The summed E-state index contributed by atoms with van der Waals surface area (Å²) in [4.78, 5) is 11.2. The van der Waals surface area contributed by atoms with Gasteiger partial charge in [-0.3, -0.25) is 0 Å². The van der Waals surface area contributed by atoms with Crippen molar-refractivity contribution < 1.29 is 4.42 Å². The summed E-state index contributed by atoms with van der Waals surface area (Å²) in [5, 5.41) is 2.13. The van der Waals surface area contributed by atoms with Crippen molar-refractivity contribution in [1.29, 1.82) is 0 Å². The van der Waals surface area contributed by atoms with Gasteiger partial charge in [0.15, 0.2) is 5.82 Å². The van der Waals surface area contributed by atoms with Crippen molar-refractivity contribution >= 4 is 21.9 Å². The zero-order valence-electron chi connectivity index (χ0n) is 36.9. The Morgan fingerprint density at radius 2 is 0.721 bits per heavy atom. The van der Waals surface area contributed by atoms with E-state index in [0.29, 0.717) is 5.82 Å². The SMILES string of the molecule is c1ccc(-c2cc(-c3ccccc3)cc(-c3cc(-c4ccc5oc6ccccc6c5c4)nc(-c4ccc5c(c4)C4(c6ccccc6-c6ccccc6-5)c5ccccc5-c5ccccc54)n3)c2)cc1. The van der Waals surface area contributed by atoms with E-state index >= 15 is 0 Å². The van der Waals surface area contributed by atoms with Gasteiger partial charge in [-0.15, -0.1) is 0 Å². The molecule has 316 valence electrons. The molecule has 0 aliphatic heterocycles. The van der Waals surface area contributed by atoms with Crippen LogP contribution in [0.5, 0.6) is 0 Å². The average molecular weight is 865 g/mol. The number of hydrogen-bond donors (Lipinski definition) is 0. The molecule has 2 aromatic heterocycles. The summed E-state index contributed by atoms with van der Waals surface area (Å²) < 4.78 is 6.32. The molecule has 12 aromatic rings. The van der Waals surface area contributed by atoms with Crippen molar-refractivity contribution in [2.75, 3.05) is 0 Å².